The van der Waals surface area contributed by atoms with E-state index in [1.54, 1.807) is 10.9 Å². The van der Waals surface area contributed by atoms with Gasteiger partial charge in [-0.2, -0.15) is 13.2 Å². The minimum Gasteiger partial charge on any atom is -0.339 e. The molecule has 2 aromatic rings. The number of hydrogen-bond acceptors (Lipinski definition) is 3. The number of rotatable bonds is 4. The second-order valence-electron chi connectivity index (χ2n) is 7.74. The van der Waals surface area contributed by atoms with E-state index in [9.17, 15) is 22.8 Å². The fourth-order valence-electron chi connectivity index (χ4n) is 3.58. The maximum Gasteiger partial charge on any atom is 0.417 e. The predicted octanol–water partition coefficient (Wildman–Crippen LogP) is 3.94. The molecule has 0 N–H and O–H groups in total. The fourth-order valence-corrected chi connectivity index (χ4v) is 3.58. The van der Waals surface area contributed by atoms with Gasteiger partial charge in [0.2, 0.25) is 0 Å². The first-order valence-corrected chi connectivity index (χ1v) is 9.68. The Labute approximate surface area is 167 Å². The highest BCUT2D eigenvalue weighted by atomic mass is 19.4. The van der Waals surface area contributed by atoms with Crippen molar-refractivity contribution in [3.05, 3.63) is 63.8 Å². The summed E-state index contributed by atoms with van der Waals surface area (Å²) in [5.74, 6) is -0.260. The number of piperidine rings is 1. The van der Waals surface area contributed by atoms with Crippen molar-refractivity contribution in [2.45, 2.75) is 45.3 Å². The molecular weight excluding hydrogens is 383 g/mol. The highest BCUT2D eigenvalue weighted by Crippen LogP contribution is 2.33. The largest absolute Gasteiger partial charge is 0.417 e. The predicted molar refractivity (Wildman–Crippen MR) is 103 cm³/mol. The monoisotopic (exact) mass is 407 g/mol. The minimum atomic E-state index is -4.57. The van der Waals surface area contributed by atoms with Crippen LogP contribution < -0.4 is 5.56 Å². The third-order valence-electron chi connectivity index (χ3n) is 5.31. The summed E-state index contributed by atoms with van der Waals surface area (Å²) in [5.41, 5.74) is -0.588. The van der Waals surface area contributed by atoms with Crippen molar-refractivity contribution in [2.24, 2.45) is 5.92 Å². The molecule has 1 amide bonds. The number of carbonyl (C=O) groups excluding carboxylic acids is 1. The molecule has 1 aliphatic heterocycles. The zero-order chi connectivity index (χ0) is 21.2. The number of benzene rings is 1. The molecule has 0 radical (unpaired) electrons. The fraction of sp³-hybridized carbons (Fsp3) is 0.476. The van der Waals surface area contributed by atoms with Gasteiger partial charge in [-0.3, -0.25) is 14.2 Å². The van der Waals surface area contributed by atoms with E-state index >= 15 is 0 Å². The van der Waals surface area contributed by atoms with Gasteiger partial charge < -0.3 is 4.90 Å². The number of likely N-dealkylation sites (tertiary alicyclic amines) is 1. The van der Waals surface area contributed by atoms with Crippen molar-refractivity contribution in [3.63, 3.8) is 0 Å². The molecule has 0 saturated carbocycles. The number of hydrogen-bond donors (Lipinski definition) is 0. The number of amides is 1. The Morgan fingerprint density at radius 2 is 1.86 bits per heavy atom. The van der Waals surface area contributed by atoms with Crippen molar-refractivity contribution in [2.75, 3.05) is 13.1 Å². The Morgan fingerprint density at radius 3 is 2.45 bits per heavy atom. The first-order valence-electron chi connectivity index (χ1n) is 9.68. The first-order chi connectivity index (χ1) is 13.7. The topological polar surface area (TPSA) is 55.2 Å². The summed E-state index contributed by atoms with van der Waals surface area (Å²) in [6.07, 6.45) is -1.77. The van der Waals surface area contributed by atoms with E-state index in [2.05, 4.69) is 4.98 Å². The molecule has 1 fully saturated rings. The summed E-state index contributed by atoms with van der Waals surface area (Å²) >= 11 is 0. The zero-order valence-corrected chi connectivity index (χ0v) is 16.4. The molecule has 1 aliphatic rings. The molecule has 0 unspecified atom stereocenters. The molecule has 2 heterocycles. The Bertz CT molecular complexity index is 929. The molecule has 0 atom stereocenters. The van der Waals surface area contributed by atoms with Crippen LogP contribution in [0.5, 0.6) is 0 Å². The van der Waals surface area contributed by atoms with Gasteiger partial charge in [-0.25, -0.2) is 4.98 Å². The van der Waals surface area contributed by atoms with Gasteiger partial charge in [-0.1, -0.05) is 26.0 Å². The number of nitrogens with zero attached hydrogens (tertiary/aromatic N) is 3. The van der Waals surface area contributed by atoms with Crippen LogP contribution in [0.3, 0.4) is 0 Å². The molecule has 1 aromatic carbocycles. The van der Waals surface area contributed by atoms with Crippen LogP contribution in [0.4, 0.5) is 13.2 Å². The molecule has 1 saturated heterocycles. The van der Waals surface area contributed by atoms with E-state index < -0.39 is 17.6 Å². The average Bonchev–Trinajstić information content (AvgIpc) is 2.69. The van der Waals surface area contributed by atoms with Crippen LogP contribution in [-0.2, 0) is 12.7 Å². The van der Waals surface area contributed by atoms with Crippen LogP contribution >= 0.6 is 0 Å². The summed E-state index contributed by atoms with van der Waals surface area (Å²) in [7, 11) is 0. The SMILES string of the molecule is CC(C)c1cc(=O)n(CC2CCN(C(=O)c3ccccc3C(F)(F)F)CC2)cn1. The van der Waals surface area contributed by atoms with Gasteiger partial charge in [-0.05, 0) is 36.8 Å². The van der Waals surface area contributed by atoms with E-state index in [0.29, 0.717) is 32.5 Å². The van der Waals surface area contributed by atoms with Crippen molar-refractivity contribution in [1.29, 1.82) is 0 Å². The van der Waals surface area contributed by atoms with Crippen molar-refractivity contribution in [1.82, 2.24) is 14.5 Å². The highest BCUT2D eigenvalue weighted by molar-refractivity contribution is 5.96. The third-order valence-corrected chi connectivity index (χ3v) is 5.31. The van der Waals surface area contributed by atoms with Crippen LogP contribution in [0.25, 0.3) is 0 Å². The molecular formula is C21H24F3N3O2. The van der Waals surface area contributed by atoms with Crippen LogP contribution in [-0.4, -0.2) is 33.4 Å². The van der Waals surface area contributed by atoms with Crippen LogP contribution in [0.2, 0.25) is 0 Å². The van der Waals surface area contributed by atoms with Crippen molar-refractivity contribution >= 4 is 5.91 Å². The van der Waals surface area contributed by atoms with Gasteiger partial charge in [0, 0.05) is 25.7 Å². The number of aromatic nitrogens is 2. The molecule has 5 nitrogen and oxygen atoms in total. The standard InChI is InChI=1S/C21H24F3N3O2/c1-14(2)18-11-19(28)27(13-25-18)12-15-7-9-26(10-8-15)20(29)16-5-3-4-6-17(16)21(22,23)24/h3-6,11,13-15H,7-10,12H2,1-2H3. The van der Waals surface area contributed by atoms with Gasteiger partial charge in [0.1, 0.15) is 0 Å². The quantitative estimate of drug-likeness (QED) is 0.772. The molecule has 3 rings (SSSR count). The molecule has 8 heteroatoms. The Kier molecular flexibility index (Phi) is 6.10. The van der Waals surface area contributed by atoms with Gasteiger partial charge in [0.15, 0.2) is 0 Å². The van der Waals surface area contributed by atoms with E-state index in [1.165, 1.54) is 29.2 Å². The summed E-state index contributed by atoms with van der Waals surface area (Å²) in [6.45, 7) is 5.15. The smallest absolute Gasteiger partial charge is 0.339 e. The van der Waals surface area contributed by atoms with E-state index in [-0.39, 0.29) is 23.0 Å². The van der Waals surface area contributed by atoms with Crippen LogP contribution in [0.15, 0.2) is 41.5 Å². The van der Waals surface area contributed by atoms with E-state index in [1.807, 2.05) is 13.8 Å². The Hall–Kier alpha value is -2.64. The normalized spacial score (nSPS) is 15.7. The molecule has 0 aliphatic carbocycles. The maximum absolute atomic E-state index is 13.2. The molecule has 156 valence electrons. The Balaban J connectivity index is 1.64. The van der Waals surface area contributed by atoms with Gasteiger partial charge in [0.25, 0.3) is 11.5 Å². The van der Waals surface area contributed by atoms with E-state index in [0.717, 1.165) is 11.8 Å². The summed E-state index contributed by atoms with van der Waals surface area (Å²) in [4.78, 5) is 30.7. The average molecular weight is 407 g/mol. The lowest BCUT2D eigenvalue weighted by atomic mass is 9.95. The highest BCUT2D eigenvalue weighted by Gasteiger charge is 2.36. The molecule has 0 bridgehead atoms. The number of carbonyl (C=O) groups is 1. The van der Waals surface area contributed by atoms with E-state index in [4.69, 9.17) is 0 Å². The van der Waals surface area contributed by atoms with Gasteiger partial charge in [0.05, 0.1) is 23.1 Å². The third kappa shape index (κ3) is 4.86. The number of alkyl halides is 3. The second-order valence-corrected chi connectivity index (χ2v) is 7.74. The molecule has 1 aromatic heterocycles. The first kappa shape index (κ1) is 21.1. The lowest BCUT2D eigenvalue weighted by Crippen LogP contribution is -2.40. The van der Waals surface area contributed by atoms with Gasteiger partial charge >= 0.3 is 6.18 Å². The molecule has 0 spiro atoms. The summed E-state index contributed by atoms with van der Waals surface area (Å²) in [5, 5.41) is 0. The second kappa shape index (κ2) is 8.39. The maximum atomic E-state index is 13.2. The molecule has 29 heavy (non-hydrogen) atoms. The van der Waals surface area contributed by atoms with Crippen LogP contribution in [0, 0.1) is 5.92 Å². The van der Waals surface area contributed by atoms with Crippen molar-refractivity contribution < 1.29 is 18.0 Å². The van der Waals surface area contributed by atoms with Crippen LogP contribution in [0.1, 0.15) is 54.2 Å². The zero-order valence-electron chi connectivity index (χ0n) is 16.4. The van der Waals surface area contributed by atoms with Crippen molar-refractivity contribution in [3.8, 4) is 0 Å². The number of halogens is 3. The Morgan fingerprint density at radius 1 is 1.21 bits per heavy atom. The lowest BCUT2D eigenvalue weighted by molar-refractivity contribution is -0.138. The minimum absolute atomic E-state index is 0.110. The van der Waals surface area contributed by atoms with Gasteiger partial charge in [-0.15, -0.1) is 0 Å². The lowest BCUT2D eigenvalue weighted by Gasteiger charge is -2.32. The summed E-state index contributed by atoms with van der Waals surface area (Å²) < 4.78 is 41.1. The summed E-state index contributed by atoms with van der Waals surface area (Å²) in [6, 6.07) is 6.41.